The molecule has 7 heteroatoms. The van der Waals surface area contributed by atoms with Gasteiger partial charge < -0.3 is 20.1 Å². The van der Waals surface area contributed by atoms with Gasteiger partial charge in [0, 0.05) is 24.9 Å². The van der Waals surface area contributed by atoms with Gasteiger partial charge in [-0.3, -0.25) is 9.59 Å². The molecule has 1 saturated heterocycles. The lowest BCUT2D eigenvalue weighted by Gasteiger charge is -2.35. The number of carbonyl (C=O) groups is 3. The monoisotopic (exact) mass is 476 g/mol. The topological polar surface area (TPSA) is 95.9 Å². The van der Waals surface area contributed by atoms with Crippen molar-refractivity contribution in [2.45, 2.75) is 68.9 Å². The first-order chi connectivity index (χ1) is 17.0. The minimum absolute atomic E-state index is 0.0395. The van der Waals surface area contributed by atoms with Gasteiger partial charge in [-0.15, -0.1) is 0 Å². The summed E-state index contributed by atoms with van der Waals surface area (Å²) >= 11 is 0. The van der Waals surface area contributed by atoms with Crippen LogP contribution in [-0.2, 0) is 14.3 Å². The summed E-state index contributed by atoms with van der Waals surface area (Å²) in [5, 5.41) is 12.0. The molecule has 184 valence electrons. The van der Waals surface area contributed by atoms with E-state index < -0.39 is 17.6 Å². The van der Waals surface area contributed by atoms with Gasteiger partial charge in [-0.2, -0.15) is 0 Å². The number of carboxylic acid groups (broad SMARTS) is 1. The molecule has 1 aliphatic heterocycles. The summed E-state index contributed by atoms with van der Waals surface area (Å²) in [5.74, 6) is -0.976. The quantitative estimate of drug-likeness (QED) is 0.604. The molecule has 1 heterocycles. The van der Waals surface area contributed by atoms with Gasteiger partial charge in [-0.1, -0.05) is 61.4 Å². The van der Waals surface area contributed by atoms with Gasteiger partial charge in [0.25, 0.3) is 0 Å². The molecule has 5 rings (SSSR count). The molecule has 2 N–H and O–H groups in total. The third kappa shape index (κ3) is 4.51. The van der Waals surface area contributed by atoms with Crippen LogP contribution in [-0.4, -0.2) is 52.7 Å². The Hall–Kier alpha value is -3.35. The second-order valence-electron chi connectivity index (χ2n) is 9.97. The van der Waals surface area contributed by atoms with Gasteiger partial charge in [0.15, 0.2) is 0 Å². The lowest BCUT2D eigenvalue weighted by atomic mass is 9.94. The SMILES string of the molecule is O=C(O)CCC1CCCN1C(=O)C1(NC(=O)OCC2c3ccccc3-c3ccccc32)CCCC1. The van der Waals surface area contributed by atoms with E-state index in [9.17, 15) is 14.4 Å². The van der Waals surface area contributed by atoms with Gasteiger partial charge >= 0.3 is 12.1 Å². The van der Waals surface area contributed by atoms with E-state index in [-0.39, 0.29) is 30.9 Å². The molecule has 1 unspecified atom stereocenters. The van der Waals surface area contributed by atoms with Crippen LogP contribution in [0.25, 0.3) is 11.1 Å². The highest BCUT2D eigenvalue weighted by molar-refractivity contribution is 5.91. The summed E-state index contributed by atoms with van der Waals surface area (Å²) in [6, 6.07) is 16.3. The number of alkyl carbamates (subject to hydrolysis) is 1. The number of carboxylic acids is 1. The fourth-order valence-electron chi connectivity index (χ4n) is 6.17. The van der Waals surface area contributed by atoms with Gasteiger partial charge in [0.1, 0.15) is 12.1 Å². The highest BCUT2D eigenvalue weighted by Crippen LogP contribution is 2.44. The average Bonchev–Trinajstić information content (AvgIpc) is 3.59. The fraction of sp³-hybridized carbons (Fsp3) is 0.464. The van der Waals surface area contributed by atoms with Crippen LogP contribution in [0.1, 0.15) is 68.4 Å². The summed E-state index contributed by atoms with van der Waals surface area (Å²) in [4.78, 5) is 39.5. The molecule has 2 aromatic carbocycles. The number of hydrogen-bond acceptors (Lipinski definition) is 4. The van der Waals surface area contributed by atoms with E-state index in [2.05, 4.69) is 29.6 Å². The van der Waals surface area contributed by atoms with Crippen LogP contribution in [0.15, 0.2) is 48.5 Å². The van der Waals surface area contributed by atoms with Crippen molar-refractivity contribution in [1.82, 2.24) is 10.2 Å². The highest BCUT2D eigenvalue weighted by Gasteiger charge is 2.47. The van der Waals surface area contributed by atoms with Crippen molar-refractivity contribution in [3.63, 3.8) is 0 Å². The van der Waals surface area contributed by atoms with Crippen molar-refractivity contribution in [2.75, 3.05) is 13.2 Å². The Morgan fingerprint density at radius 3 is 2.23 bits per heavy atom. The second-order valence-corrected chi connectivity index (χ2v) is 9.97. The number of hydrogen-bond donors (Lipinski definition) is 2. The third-order valence-electron chi connectivity index (χ3n) is 7.88. The molecule has 2 aliphatic carbocycles. The van der Waals surface area contributed by atoms with Crippen LogP contribution in [0.3, 0.4) is 0 Å². The van der Waals surface area contributed by atoms with Crippen LogP contribution < -0.4 is 5.32 Å². The summed E-state index contributed by atoms with van der Waals surface area (Å²) in [6.45, 7) is 0.812. The maximum atomic E-state index is 13.7. The number of amides is 2. The van der Waals surface area contributed by atoms with Crippen LogP contribution in [0.2, 0.25) is 0 Å². The molecule has 2 amide bonds. The Morgan fingerprint density at radius 1 is 0.971 bits per heavy atom. The van der Waals surface area contributed by atoms with E-state index in [0.29, 0.717) is 25.8 Å². The number of nitrogens with one attached hydrogen (secondary N) is 1. The third-order valence-corrected chi connectivity index (χ3v) is 7.88. The zero-order valence-corrected chi connectivity index (χ0v) is 19.9. The number of likely N-dealkylation sites (tertiary alicyclic amines) is 1. The fourth-order valence-corrected chi connectivity index (χ4v) is 6.17. The number of ether oxygens (including phenoxy) is 1. The number of nitrogens with zero attached hydrogens (tertiary/aromatic N) is 1. The van der Waals surface area contributed by atoms with Crippen LogP contribution in [0, 0.1) is 0 Å². The average molecular weight is 477 g/mol. The first kappa shape index (κ1) is 23.4. The van der Waals surface area contributed by atoms with E-state index in [4.69, 9.17) is 9.84 Å². The normalized spacial score (nSPS) is 20.3. The number of fused-ring (bicyclic) bond motifs is 3. The van der Waals surface area contributed by atoms with Crippen molar-refractivity contribution in [1.29, 1.82) is 0 Å². The molecule has 0 spiro atoms. The van der Waals surface area contributed by atoms with Gasteiger partial charge in [0.05, 0.1) is 0 Å². The minimum Gasteiger partial charge on any atom is -0.481 e. The largest absolute Gasteiger partial charge is 0.481 e. The van der Waals surface area contributed by atoms with Crippen molar-refractivity contribution in [3.8, 4) is 11.1 Å². The minimum atomic E-state index is -0.964. The Morgan fingerprint density at radius 2 is 1.60 bits per heavy atom. The Bertz CT molecular complexity index is 1080. The molecule has 0 radical (unpaired) electrons. The molecule has 35 heavy (non-hydrogen) atoms. The van der Waals surface area contributed by atoms with Gasteiger partial charge in [-0.25, -0.2) is 4.79 Å². The Balaban J connectivity index is 1.27. The van der Waals surface area contributed by atoms with E-state index in [0.717, 1.165) is 36.8 Å². The summed E-state index contributed by atoms with van der Waals surface area (Å²) in [6.07, 6.45) is 4.48. The van der Waals surface area contributed by atoms with Gasteiger partial charge in [-0.05, 0) is 54.4 Å². The molecular weight excluding hydrogens is 444 g/mol. The van der Waals surface area contributed by atoms with E-state index in [1.807, 2.05) is 24.3 Å². The van der Waals surface area contributed by atoms with Crippen LogP contribution >= 0.6 is 0 Å². The smallest absolute Gasteiger partial charge is 0.408 e. The molecule has 1 atom stereocenters. The van der Waals surface area contributed by atoms with Crippen molar-refractivity contribution in [2.24, 2.45) is 0 Å². The van der Waals surface area contributed by atoms with Crippen molar-refractivity contribution < 1.29 is 24.2 Å². The van der Waals surface area contributed by atoms with Crippen molar-refractivity contribution in [3.05, 3.63) is 59.7 Å². The van der Waals surface area contributed by atoms with E-state index in [1.54, 1.807) is 4.90 Å². The van der Waals surface area contributed by atoms with Crippen molar-refractivity contribution >= 4 is 18.0 Å². The van der Waals surface area contributed by atoms with E-state index >= 15 is 0 Å². The van der Waals surface area contributed by atoms with Crippen LogP contribution in [0.4, 0.5) is 4.79 Å². The molecular formula is C28H32N2O5. The number of aliphatic carboxylic acids is 1. The maximum Gasteiger partial charge on any atom is 0.408 e. The molecule has 2 aromatic rings. The zero-order chi connectivity index (χ0) is 24.4. The molecule has 3 aliphatic rings. The molecule has 2 fully saturated rings. The number of rotatable bonds is 7. The second kappa shape index (κ2) is 9.72. The standard InChI is InChI=1S/C28H32N2O5/c31-25(32)14-13-19-8-7-17-30(19)26(33)28(15-5-6-16-28)29-27(34)35-18-24-22-11-3-1-9-20(22)21-10-2-4-12-23(21)24/h1-4,9-12,19,24H,5-8,13-18H2,(H,29,34)(H,31,32). The predicted octanol–water partition coefficient (Wildman–Crippen LogP) is 4.69. The summed E-state index contributed by atoms with van der Waals surface area (Å²) in [5.41, 5.74) is 3.66. The van der Waals surface area contributed by atoms with E-state index in [1.165, 1.54) is 11.1 Å². The zero-order valence-electron chi connectivity index (χ0n) is 19.9. The molecule has 7 nitrogen and oxygen atoms in total. The van der Waals surface area contributed by atoms with Crippen LogP contribution in [0.5, 0.6) is 0 Å². The number of benzene rings is 2. The summed E-state index contributed by atoms with van der Waals surface area (Å²) < 4.78 is 5.75. The highest BCUT2D eigenvalue weighted by atomic mass is 16.5. The summed E-state index contributed by atoms with van der Waals surface area (Å²) in [7, 11) is 0. The maximum absolute atomic E-state index is 13.7. The Kier molecular flexibility index (Phi) is 6.50. The Labute approximate surface area is 205 Å². The van der Waals surface area contributed by atoms with Gasteiger partial charge in [0.2, 0.25) is 5.91 Å². The lowest BCUT2D eigenvalue weighted by molar-refractivity contribution is -0.141. The lowest BCUT2D eigenvalue weighted by Crippen LogP contribution is -2.59. The first-order valence-corrected chi connectivity index (χ1v) is 12.6. The molecule has 1 saturated carbocycles. The molecule has 0 bridgehead atoms. The number of carbonyl (C=O) groups excluding carboxylic acids is 2. The first-order valence-electron chi connectivity index (χ1n) is 12.6. The molecule has 0 aromatic heterocycles. The predicted molar refractivity (Wildman–Crippen MR) is 131 cm³/mol.